The lowest BCUT2D eigenvalue weighted by molar-refractivity contribution is 0.795. The second kappa shape index (κ2) is 5.62. The molecule has 0 fully saturated rings. The summed E-state index contributed by atoms with van der Waals surface area (Å²) in [5.41, 5.74) is 10.1. The van der Waals surface area contributed by atoms with Crippen molar-refractivity contribution in [3.05, 3.63) is 130 Å². The standard InChI is InChI=1S/C29H17Cl/c30-28-19-10-2-1-9-18(19)17-26-27(28)22-13-5-8-16-25(22)29(26)23-14-6-3-11-20(23)21-12-4-7-15-24(21)29/h1-17H. The van der Waals surface area contributed by atoms with Crippen molar-refractivity contribution in [3.63, 3.8) is 0 Å². The average molecular weight is 401 g/mol. The van der Waals surface area contributed by atoms with Gasteiger partial charge in [-0.15, -0.1) is 0 Å². The van der Waals surface area contributed by atoms with Gasteiger partial charge >= 0.3 is 0 Å². The first-order valence-electron chi connectivity index (χ1n) is 10.3. The number of benzene rings is 5. The second-order valence-electron chi connectivity index (χ2n) is 8.22. The lowest BCUT2D eigenvalue weighted by atomic mass is 9.70. The highest BCUT2D eigenvalue weighted by Gasteiger charge is 2.52. The average Bonchev–Trinajstić information content (AvgIpc) is 3.27. The van der Waals surface area contributed by atoms with Crippen LogP contribution in [0, 0.1) is 0 Å². The minimum Gasteiger partial charge on any atom is -0.0830 e. The minimum absolute atomic E-state index is 0.327. The zero-order chi connectivity index (χ0) is 19.9. The third-order valence-corrected chi connectivity index (χ3v) is 7.34. The molecule has 0 bridgehead atoms. The fraction of sp³-hybridized carbons (Fsp3) is 0.0345. The molecule has 0 saturated carbocycles. The summed E-state index contributed by atoms with van der Waals surface area (Å²) in [5, 5.41) is 3.16. The maximum absolute atomic E-state index is 7.13. The van der Waals surface area contributed by atoms with Gasteiger partial charge in [-0.05, 0) is 50.4 Å². The van der Waals surface area contributed by atoms with E-state index in [2.05, 4.69) is 103 Å². The van der Waals surface area contributed by atoms with Crippen LogP contribution < -0.4 is 0 Å². The normalized spacial score (nSPS) is 14.4. The molecule has 2 aliphatic rings. The van der Waals surface area contributed by atoms with Gasteiger partial charge in [0.2, 0.25) is 0 Å². The van der Waals surface area contributed by atoms with Crippen LogP contribution in [-0.4, -0.2) is 0 Å². The summed E-state index contributed by atoms with van der Waals surface area (Å²) in [7, 11) is 0. The fourth-order valence-corrected chi connectivity index (χ4v) is 6.23. The van der Waals surface area contributed by atoms with Gasteiger partial charge in [-0.25, -0.2) is 0 Å². The summed E-state index contributed by atoms with van der Waals surface area (Å²) in [6, 6.07) is 37.3. The van der Waals surface area contributed by atoms with Gasteiger partial charge in [0.25, 0.3) is 0 Å². The van der Waals surface area contributed by atoms with Crippen molar-refractivity contribution in [2.75, 3.05) is 0 Å². The van der Waals surface area contributed by atoms with Crippen molar-refractivity contribution in [2.24, 2.45) is 0 Å². The minimum atomic E-state index is -0.327. The van der Waals surface area contributed by atoms with E-state index in [1.54, 1.807) is 0 Å². The van der Waals surface area contributed by atoms with Crippen molar-refractivity contribution in [2.45, 2.75) is 5.41 Å². The molecule has 0 amide bonds. The molecule has 1 spiro atoms. The number of rotatable bonds is 0. The number of fused-ring (bicyclic) bond motifs is 11. The largest absolute Gasteiger partial charge is 0.0830 e. The SMILES string of the molecule is Clc1c2c(cc3ccccc13)C1(c3ccccc3-c3ccccc31)c1ccccc1-2. The Kier molecular flexibility index (Phi) is 3.08. The molecule has 5 aromatic rings. The molecule has 0 radical (unpaired) electrons. The van der Waals surface area contributed by atoms with Crippen molar-refractivity contribution in [3.8, 4) is 22.3 Å². The van der Waals surface area contributed by atoms with E-state index < -0.39 is 0 Å². The van der Waals surface area contributed by atoms with Gasteiger partial charge < -0.3 is 0 Å². The summed E-state index contributed by atoms with van der Waals surface area (Å²) in [6.45, 7) is 0. The molecule has 0 unspecified atom stereocenters. The lowest BCUT2D eigenvalue weighted by Gasteiger charge is -2.30. The second-order valence-corrected chi connectivity index (χ2v) is 8.60. The van der Waals surface area contributed by atoms with Crippen LogP contribution in [0.3, 0.4) is 0 Å². The molecule has 7 rings (SSSR count). The van der Waals surface area contributed by atoms with Gasteiger partial charge in [0.15, 0.2) is 0 Å². The monoisotopic (exact) mass is 400 g/mol. The molecular formula is C29H17Cl. The van der Waals surface area contributed by atoms with Crippen LogP contribution in [0.5, 0.6) is 0 Å². The Morgan fingerprint density at radius 2 is 1.00 bits per heavy atom. The van der Waals surface area contributed by atoms with Gasteiger partial charge in [-0.2, -0.15) is 0 Å². The van der Waals surface area contributed by atoms with E-state index in [4.69, 9.17) is 11.6 Å². The van der Waals surface area contributed by atoms with E-state index in [0.29, 0.717) is 0 Å². The van der Waals surface area contributed by atoms with Crippen LogP contribution in [0.1, 0.15) is 22.3 Å². The van der Waals surface area contributed by atoms with E-state index in [1.807, 2.05) is 0 Å². The van der Waals surface area contributed by atoms with Crippen LogP contribution in [0.4, 0.5) is 0 Å². The first kappa shape index (κ1) is 16.4. The zero-order valence-corrected chi connectivity index (χ0v) is 16.9. The van der Waals surface area contributed by atoms with Crippen LogP contribution in [0.2, 0.25) is 5.02 Å². The Hall–Kier alpha value is -3.35. The third kappa shape index (κ3) is 1.75. The van der Waals surface area contributed by atoms with Gasteiger partial charge in [0.05, 0.1) is 10.4 Å². The fourth-order valence-electron chi connectivity index (χ4n) is 5.85. The number of hydrogen-bond acceptors (Lipinski definition) is 0. The number of hydrogen-bond donors (Lipinski definition) is 0. The molecule has 0 atom stereocenters. The highest BCUT2D eigenvalue weighted by molar-refractivity contribution is 6.39. The summed E-state index contributed by atoms with van der Waals surface area (Å²) < 4.78 is 0. The van der Waals surface area contributed by atoms with Gasteiger partial charge in [-0.3, -0.25) is 0 Å². The molecule has 0 saturated heterocycles. The Morgan fingerprint density at radius 1 is 0.500 bits per heavy atom. The molecule has 0 heterocycles. The maximum atomic E-state index is 7.13. The van der Waals surface area contributed by atoms with E-state index in [1.165, 1.54) is 49.9 Å². The summed E-state index contributed by atoms with van der Waals surface area (Å²) in [6.07, 6.45) is 0. The van der Waals surface area contributed by atoms with Crippen molar-refractivity contribution >= 4 is 22.4 Å². The highest BCUT2D eigenvalue weighted by Crippen LogP contribution is 2.64. The summed E-state index contributed by atoms with van der Waals surface area (Å²) >= 11 is 7.13. The summed E-state index contributed by atoms with van der Waals surface area (Å²) in [5.74, 6) is 0. The van der Waals surface area contributed by atoms with Crippen LogP contribution >= 0.6 is 11.6 Å². The predicted octanol–water partition coefficient (Wildman–Crippen LogP) is 7.84. The van der Waals surface area contributed by atoms with Crippen LogP contribution in [-0.2, 0) is 5.41 Å². The molecule has 0 nitrogen and oxygen atoms in total. The molecule has 1 heteroatoms. The Bertz CT molecular complexity index is 1460. The zero-order valence-electron chi connectivity index (χ0n) is 16.2. The van der Waals surface area contributed by atoms with Crippen molar-refractivity contribution in [1.29, 1.82) is 0 Å². The molecule has 30 heavy (non-hydrogen) atoms. The first-order chi connectivity index (χ1) is 14.8. The molecule has 0 N–H and O–H groups in total. The predicted molar refractivity (Wildman–Crippen MR) is 125 cm³/mol. The molecule has 0 aromatic heterocycles. The molecule has 0 aliphatic heterocycles. The van der Waals surface area contributed by atoms with Gasteiger partial charge in [0, 0.05) is 10.9 Å². The molecule has 5 aromatic carbocycles. The van der Waals surface area contributed by atoms with Crippen LogP contribution in [0.25, 0.3) is 33.0 Å². The van der Waals surface area contributed by atoms with Crippen LogP contribution in [0.15, 0.2) is 103 Å². The van der Waals surface area contributed by atoms with E-state index in [0.717, 1.165) is 10.4 Å². The van der Waals surface area contributed by atoms with Crippen molar-refractivity contribution < 1.29 is 0 Å². The maximum Gasteiger partial charge on any atom is 0.0726 e. The highest BCUT2D eigenvalue weighted by atomic mass is 35.5. The van der Waals surface area contributed by atoms with E-state index in [-0.39, 0.29) is 5.41 Å². The molecular weight excluding hydrogens is 384 g/mol. The molecule has 2 aliphatic carbocycles. The summed E-state index contributed by atoms with van der Waals surface area (Å²) in [4.78, 5) is 0. The Balaban J connectivity index is 1.76. The molecule has 140 valence electrons. The lowest BCUT2D eigenvalue weighted by Crippen LogP contribution is -2.25. The van der Waals surface area contributed by atoms with E-state index in [9.17, 15) is 0 Å². The van der Waals surface area contributed by atoms with Gasteiger partial charge in [0.1, 0.15) is 0 Å². The number of halogens is 1. The Morgan fingerprint density at radius 3 is 1.67 bits per heavy atom. The topological polar surface area (TPSA) is 0 Å². The first-order valence-corrected chi connectivity index (χ1v) is 10.7. The van der Waals surface area contributed by atoms with E-state index >= 15 is 0 Å². The van der Waals surface area contributed by atoms with Crippen molar-refractivity contribution in [1.82, 2.24) is 0 Å². The van der Waals surface area contributed by atoms with Gasteiger partial charge in [-0.1, -0.05) is 109 Å². The third-order valence-electron chi connectivity index (χ3n) is 6.94. The smallest absolute Gasteiger partial charge is 0.0726 e. The Labute approximate surface area is 180 Å². The quantitative estimate of drug-likeness (QED) is 0.243.